The molecular formula is C19H22N2O3. The van der Waals surface area contributed by atoms with Gasteiger partial charge in [-0.15, -0.1) is 0 Å². The van der Waals surface area contributed by atoms with E-state index in [-0.39, 0.29) is 18.0 Å². The molecule has 4 rings (SSSR count). The monoisotopic (exact) mass is 326 g/mol. The van der Waals surface area contributed by atoms with Crippen molar-refractivity contribution in [1.29, 1.82) is 0 Å². The van der Waals surface area contributed by atoms with Gasteiger partial charge in [-0.2, -0.15) is 0 Å². The van der Waals surface area contributed by atoms with Gasteiger partial charge in [-0.1, -0.05) is 25.1 Å². The summed E-state index contributed by atoms with van der Waals surface area (Å²) in [4.78, 5) is 29.9. The highest BCUT2D eigenvalue weighted by molar-refractivity contribution is 6.04. The second-order valence-electron chi connectivity index (χ2n) is 6.90. The van der Waals surface area contributed by atoms with Crippen molar-refractivity contribution in [3.63, 3.8) is 0 Å². The minimum Gasteiger partial charge on any atom is -0.457 e. The molecule has 5 nitrogen and oxygen atoms in total. The van der Waals surface area contributed by atoms with Crippen LogP contribution in [0.2, 0.25) is 0 Å². The van der Waals surface area contributed by atoms with Crippen molar-refractivity contribution in [2.75, 3.05) is 13.1 Å². The van der Waals surface area contributed by atoms with Crippen molar-refractivity contribution in [2.24, 2.45) is 5.92 Å². The second kappa shape index (κ2) is 6.06. The van der Waals surface area contributed by atoms with E-state index in [9.17, 15) is 9.59 Å². The van der Waals surface area contributed by atoms with Crippen LogP contribution in [0.5, 0.6) is 0 Å². The molecule has 2 aliphatic rings. The van der Waals surface area contributed by atoms with Gasteiger partial charge < -0.3 is 9.72 Å². The largest absolute Gasteiger partial charge is 0.457 e. The number of hydrogen-bond acceptors (Lipinski definition) is 4. The molecule has 1 aromatic carbocycles. The van der Waals surface area contributed by atoms with Crippen LogP contribution >= 0.6 is 0 Å². The van der Waals surface area contributed by atoms with Crippen LogP contribution in [-0.4, -0.2) is 46.9 Å². The van der Waals surface area contributed by atoms with Crippen molar-refractivity contribution in [2.45, 2.75) is 38.3 Å². The summed E-state index contributed by atoms with van der Waals surface area (Å²) in [5, 5.41) is 0.888. The molecule has 1 N–H and O–H groups in total. The standard InChI is InChI=1S/C19H22N2O3/c1-2-12-7-13-8-14(10-21(13)11-18(12)22)24-19(23)16-9-20-17-6-4-3-5-15(16)17/h3-6,9,12-14,20H,2,7-8,10-11H2,1H3. The van der Waals surface area contributed by atoms with Gasteiger partial charge in [-0.3, -0.25) is 9.69 Å². The molecular weight excluding hydrogens is 304 g/mol. The lowest BCUT2D eigenvalue weighted by atomic mass is 9.88. The summed E-state index contributed by atoms with van der Waals surface area (Å²) in [6.45, 7) is 3.24. The fourth-order valence-corrected chi connectivity index (χ4v) is 4.10. The number of hydrogen-bond donors (Lipinski definition) is 1. The Morgan fingerprint density at radius 3 is 3.00 bits per heavy atom. The highest BCUT2D eigenvalue weighted by atomic mass is 16.5. The van der Waals surface area contributed by atoms with Crippen molar-refractivity contribution < 1.29 is 14.3 Å². The zero-order valence-corrected chi connectivity index (χ0v) is 13.8. The number of piperidine rings is 1. The molecule has 0 bridgehead atoms. The lowest BCUT2D eigenvalue weighted by molar-refractivity contribution is -0.127. The van der Waals surface area contributed by atoms with Gasteiger partial charge in [-0.05, 0) is 18.9 Å². The van der Waals surface area contributed by atoms with Crippen molar-refractivity contribution in [3.8, 4) is 0 Å². The minimum absolute atomic E-state index is 0.125. The quantitative estimate of drug-likeness (QED) is 0.881. The summed E-state index contributed by atoms with van der Waals surface area (Å²) < 4.78 is 5.75. The summed E-state index contributed by atoms with van der Waals surface area (Å²) in [7, 11) is 0. The average Bonchev–Trinajstić information content (AvgIpc) is 3.16. The lowest BCUT2D eigenvalue weighted by Crippen LogP contribution is -2.44. The van der Waals surface area contributed by atoms with Crippen LogP contribution < -0.4 is 0 Å². The molecule has 0 spiro atoms. The zero-order valence-electron chi connectivity index (χ0n) is 13.8. The third-order valence-electron chi connectivity index (χ3n) is 5.44. The predicted molar refractivity (Wildman–Crippen MR) is 90.9 cm³/mol. The molecule has 3 heterocycles. The second-order valence-corrected chi connectivity index (χ2v) is 6.90. The molecule has 0 radical (unpaired) electrons. The predicted octanol–water partition coefficient (Wildman–Crippen LogP) is 2.77. The van der Waals surface area contributed by atoms with E-state index in [1.54, 1.807) is 6.20 Å². The SMILES string of the molecule is CCC1CC2CC(OC(=O)c3c[nH]c4ccccc34)CN2CC1=O. The molecule has 2 saturated heterocycles. The van der Waals surface area contributed by atoms with Crippen LogP contribution in [0.25, 0.3) is 10.9 Å². The number of nitrogens with zero attached hydrogens (tertiary/aromatic N) is 1. The molecule has 3 atom stereocenters. The third-order valence-corrected chi connectivity index (χ3v) is 5.44. The van der Waals surface area contributed by atoms with E-state index < -0.39 is 0 Å². The zero-order chi connectivity index (χ0) is 16.7. The summed E-state index contributed by atoms with van der Waals surface area (Å²) in [6, 6.07) is 8.08. The third kappa shape index (κ3) is 2.63. The Morgan fingerprint density at radius 1 is 1.33 bits per heavy atom. The first-order valence-corrected chi connectivity index (χ1v) is 8.69. The van der Waals surface area contributed by atoms with E-state index in [2.05, 4.69) is 16.8 Å². The maximum Gasteiger partial charge on any atom is 0.340 e. The number of rotatable bonds is 3. The van der Waals surface area contributed by atoms with Gasteiger partial charge >= 0.3 is 5.97 Å². The minimum atomic E-state index is -0.282. The molecule has 126 valence electrons. The normalized spacial score (nSPS) is 27.4. The maximum atomic E-state index is 12.5. The van der Waals surface area contributed by atoms with Crippen LogP contribution in [0.4, 0.5) is 0 Å². The number of carbonyl (C=O) groups is 2. The fraction of sp³-hybridized carbons (Fsp3) is 0.474. The van der Waals surface area contributed by atoms with Crippen LogP contribution in [0.3, 0.4) is 0 Å². The number of carbonyl (C=O) groups excluding carboxylic acids is 2. The molecule has 0 amide bonds. The van der Waals surface area contributed by atoms with Crippen molar-refractivity contribution in [3.05, 3.63) is 36.0 Å². The van der Waals surface area contributed by atoms with Crippen molar-refractivity contribution in [1.82, 2.24) is 9.88 Å². The smallest absolute Gasteiger partial charge is 0.340 e. The first-order valence-electron chi connectivity index (χ1n) is 8.69. The topological polar surface area (TPSA) is 62.4 Å². The summed E-state index contributed by atoms with van der Waals surface area (Å²) in [5.41, 5.74) is 1.52. The molecule has 2 fully saturated rings. The maximum absolute atomic E-state index is 12.5. The number of H-pyrrole nitrogens is 1. The molecule has 2 aliphatic heterocycles. The van der Waals surface area contributed by atoms with E-state index in [0.29, 0.717) is 30.5 Å². The van der Waals surface area contributed by atoms with E-state index in [1.165, 1.54) is 0 Å². The van der Waals surface area contributed by atoms with E-state index >= 15 is 0 Å². The number of esters is 1. The number of nitrogens with one attached hydrogen (secondary N) is 1. The highest BCUT2D eigenvalue weighted by Crippen LogP contribution is 2.32. The van der Waals surface area contributed by atoms with Gasteiger partial charge in [0.2, 0.25) is 0 Å². The molecule has 0 aliphatic carbocycles. The first kappa shape index (κ1) is 15.4. The van der Waals surface area contributed by atoms with Crippen LogP contribution in [-0.2, 0) is 9.53 Å². The first-order chi connectivity index (χ1) is 11.7. The summed E-state index contributed by atoms with van der Waals surface area (Å²) in [6.07, 6.45) is 4.23. The lowest BCUT2D eigenvalue weighted by Gasteiger charge is -2.32. The van der Waals surface area contributed by atoms with Crippen LogP contribution in [0.1, 0.15) is 36.5 Å². The number of ether oxygens (including phenoxy) is 1. The van der Waals surface area contributed by atoms with E-state index in [0.717, 1.165) is 30.2 Å². The Labute approximate surface area is 141 Å². The number of aromatic amines is 1. The van der Waals surface area contributed by atoms with Gasteiger partial charge in [0.25, 0.3) is 0 Å². The Hall–Kier alpha value is -2.14. The Kier molecular flexibility index (Phi) is 3.88. The average molecular weight is 326 g/mol. The number of benzene rings is 1. The fourth-order valence-electron chi connectivity index (χ4n) is 4.10. The number of fused-ring (bicyclic) bond motifs is 2. The van der Waals surface area contributed by atoms with Crippen molar-refractivity contribution >= 4 is 22.7 Å². The number of aromatic nitrogens is 1. The van der Waals surface area contributed by atoms with Gasteiger partial charge in [0.15, 0.2) is 0 Å². The van der Waals surface area contributed by atoms with Crippen LogP contribution in [0, 0.1) is 5.92 Å². The number of Topliss-reactive ketones (excluding diaryl/α,β-unsaturated/α-hetero) is 1. The van der Waals surface area contributed by atoms with Gasteiger partial charge in [0.1, 0.15) is 11.9 Å². The van der Waals surface area contributed by atoms with Gasteiger partial charge in [0.05, 0.1) is 12.1 Å². The molecule has 2 aromatic rings. The molecule has 24 heavy (non-hydrogen) atoms. The van der Waals surface area contributed by atoms with Gasteiger partial charge in [0, 0.05) is 42.0 Å². The van der Waals surface area contributed by atoms with Gasteiger partial charge in [-0.25, -0.2) is 4.79 Å². The molecule has 0 saturated carbocycles. The summed E-state index contributed by atoms with van der Waals surface area (Å²) in [5.74, 6) is 0.224. The van der Waals surface area contributed by atoms with E-state index in [1.807, 2.05) is 24.3 Å². The number of para-hydroxylation sites is 1. The Bertz CT molecular complexity index is 782. The Morgan fingerprint density at radius 2 is 2.17 bits per heavy atom. The molecule has 3 unspecified atom stereocenters. The van der Waals surface area contributed by atoms with E-state index in [4.69, 9.17) is 4.74 Å². The molecule has 5 heteroatoms. The highest BCUT2D eigenvalue weighted by Gasteiger charge is 2.41. The number of ketones is 1. The Balaban J connectivity index is 1.45. The van der Waals surface area contributed by atoms with Crippen LogP contribution in [0.15, 0.2) is 30.5 Å². The molecule has 1 aromatic heterocycles. The summed E-state index contributed by atoms with van der Waals surface area (Å²) >= 11 is 0.